The summed E-state index contributed by atoms with van der Waals surface area (Å²) in [7, 11) is 0. The first-order valence-electron chi connectivity index (χ1n) is 7.76. The molecule has 0 amide bonds. The van der Waals surface area contributed by atoms with Crippen molar-refractivity contribution in [2.45, 2.75) is 58.2 Å². The Hall–Kier alpha value is -0.860. The Morgan fingerprint density at radius 3 is 2.89 bits per heavy atom. The van der Waals surface area contributed by atoms with Gasteiger partial charge in [-0.2, -0.15) is 0 Å². The molecule has 0 saturated carbocycles. The lowest BCUT2D eigenvalue weighted by atomic mass is 9.97. The maximum absolute atomic E-state index is 3.77. The van der Waals surface area contributed by atoms with Gasteiger partial charge in [-0.05, 0) is 69.3 Å². The molecule has 2 heterocycles. The third-order valence-corrected chi connectivity index (χ3v) is 4.99. The summed E-state index contributed by atoms with van der Waals surface area (Å²) in [6, 6.07) is 8.42. The highest BCUT2D eigenvalue weighted by Gasteiger charge is 2.31. The minimum absolute atomic E-state index is 0.723. The van der Waals surface area contributed by atoms with Crippen molar-refractivity contribution in [3.8, 4) is 0 Å². The van der Waals surface area contributed by atoms with Crippen LogP contribution in [0.15, 0.2) is 18.2 Å². The summed E-state index contributed by atoms with van der Waals surface area (Å²) in [4.78, 5) is 2.69. The van der Waals surface area contributed by atoms with Gasteiger partial charge in [0, 0.05) is 18.6 Å². The van der Waals surface area contributed by atoms with Crippen molar-refractivity contribution < 1.29 is 0 Å². The van der Waals surface area contributed by atoms with Crippen molar-refractivity contribution in [3.05, 3.63) is 34.9 Å². The highest BCUT2D eigenvalue weighted by atomic mass is 15.2. The van der Waals surface area contributed by atoms with Crippen LogP contribution in [-0.2, 0) is 6.54 Å². The fraction of sp³-hybridized carbons (Fsp3) is 0.647. The van der Waals surface area contributed by atoms with Crippen LogP contribution < -0.4 is 5.32 Å². The van der Waals surface area contributed by atoms with Crippen molar-refractivity contribution in [2.24, 2.45) is 0 Å². The lowest BCUT2D eigenvalue weighted by Gasteiger charge is -2.35. The molecule has 0 aliphatic carbocycles. The van der Waals surface area contributed by atoms with Crippen LogP contribution in [0.3, 0.4) is 0 Å². The molecule has 104 valence electrons. The Balaban J connectivity index is 1.53. The predicted octanol–water partition coefficient (Wildman–Crippen LogP) is 3.02. The van der Waals surface area contributed by atoms with Crippen LogP contribution in [0.2, 0.25) is 0 Å². The molecule has 0 radical (unpaired) electrons. The Morgan fingerprint density at radius 1 is 1.16 bits per heavy atom. The summed E-state index contributed by atoms with van der Waals surface area (Å²) in [5.41, 5.74) is 4.23. The van der Waals surface area contributed by atoms with Crippen LogP contribution in [0.1, 0.15) is 42.4 Å². The van der Waals surface area contributed by atoms with Crippen LogP contribution in [0.4, 0.5) is 0 Å². The SMILES string of the molecule is Cc1ccc(CNC2CCN3CCCC3C2)cc1C. The molecule has 19 heavy (non-hydrogen) atoms. The minimum Gasteiger partial charge on any atom is -0.310 e. The maximum Gasteiger partial charge on any atom is 0.0208 e. The summed E-state index contributed by atoms with van der Waals surface area (Å²) in [6.07, 6.45) is 5.50. The van der Waals surface area contributed by atoms with E-state index in [1.165, 1.54) is 55.5 Å². The van der Waals surface area contributed by atoms with Gasteiger partial charge in [-0.25, -0.2) is 0 Å². The monoisotopic (exact) mass is 258 g/mol. The number of nitrogens with zero attached hydrogens (tertiary/aromatic N) is 1. The molecule has 2 unspecified atom stereocenters. The number of piperidine rings is 1. The first kappa shape index (κ1) is 13.1. The summed E-state index contributed by atoms with van der Waals surface area (Å²) >= 11 is 0. The minimum atomic E-state index is 0.723. The van der Waals surface area contributed by atoms with Gasteiger partial charge >= 0.3 is 0 Å². The number of hydrogen-bond donors (Lipinski definition) is 1. The van der Waals surface area contributed by atoms with Gasteiger partial charge in [0.05, 0.1) is 0 Å². The van der Waals surface area contributed by atoms with E-state index in [2.05, 4.69) is 42.3 Å². The molecular weight excluding hydrogens is 232 g/mol. The summed E-state index contributed by atoms with van der Waals surface area (Å²) < 4.78 is 0. The van der Waals surface area contributed by atoms with Gasteiger partial charge in [0.1, 0.15) is 0 Å². The molecule has 2 saturated heterocycles. The van der Waals surface area contributed by atoms with Crippen molar-refractivity contribution >= 4 is 0 Å². The molecule has 0 aromatic heterocycles. The average molecular weight is 258 g/mol. The first-order valence-corrected chi connectivity index (χ1v) is 7.76. The van der Waals surface area contributed by atoms with Gasteiger partial charge < -0.3 is 10.2 Å². The van der Waals surface area contributed by atoms with E-state index in [1.54, 1.807) is 0 Å². The Kier molecular flexibility index (Phi) is 3.90. The molecule has 2 aliphatic heterocycles. The molecule has 2 aliphatic rings. The number of hydrogen-bond acceptors (Lipinski definition) is 2. The molecule has 3 rings (SSSR count). The van der Waals surface area contributed by atoms with Crippen molar-refractivity contribution in [1.29, 1.82) is 0 Å². The zero-order chi connectivity index (χ0) is 13.2. The highest BCUT2D eigenvalue weighted by molar-refractivity contribution is 5.29. The van der Waals surface area contributed by atoms with E-state index in [-0.39, 0.29) is 0 Å². The molecular formula is C17H26N2. The van der Waals surface area contributed by atoms with E-state index in [4.69, 9.17) is 0 Å². The van der Waals surface area contributed by atoms with Gasteiger partial charge in [-0.1, -0.05) is 18.2 Å². The first-order chi connectivity index (χ1) is 9.22. The standard InChI is InChI=1S/C17H26N2/c1-13-5-6-15(10-14(13)2)12-18-16-7-9-19-8-3-4-17(19)11-16/h5-6,10,16-18H,3-4,7-9,11-12H2,1-2H3. The Labute approximate surface area is 117 Å². The fourth-order valence-corrected chi connectivity index (χ4v) is 3.59. The van der Waals surface area contributed by atoms with Gasteiger partial charge in [0.15, 0.2) is 0 Å². The van der Waals surface area contributed by atoms with Crippen LogP contribution in [-0.4, -0.2) is 30.1 Å². The predicted molar refractivity (Wildman–Crippen MR) is 80.4 cm³/mol. The smallest absolute Gasteiger partial charge is 0.0208 e. The summed E-state index contributed by atoms with van der Waals surface area (Å²) in [5.74, 6) is 0. The molecule has 2 fully saturated rings. The molecule has 1 aromatic carbocycles. The van der Waals surface area contributed by atoms with Gasteiger partial charge in [0.25, 0.3) is 0 Å². The average Bonchev–Trinajstić information content (AvgIpc) is 2.87. The molecule has 2 atom stereocenters. The lowest BCUT2D eigenvalue weighted by Crippen LogP contribution is -2.45. The van der Waals surface area contributed by atoms with Crippen molar-refractivity contribution in [3.63, 3.8) is 0 Å². The molecule has 2 heteroatoms. The highest BCUT2D eigenvalue weighted by Crippen LogP contribution is 2.27. The third-order valence-electron chi connectivity index (χ3n) is 4.99. The molecule has 0 spiro atoms. The largest absolute Gasteiger partial charge is 0.310 e. The van der Waals surface area contributed by atoms with Crippen LogP contribution in [0.5, 0.6) is 0 Å². The molecule has 1 N–H and O–H groups in total. The lowest BCUT2D eigenvalue weighted by molar-refractivity contribution is 0.166. The van der Waals surface area contributed by atoms with Gasteiger partial charge in [-0.3, -0.25) is 0 Å². The topological polar surface area (TPSA) is 15.3 Å². The van der Waals surface area contributed by atoms with Gasteiger partial charge in [-0.15, -0.1) is 0 Å². The number of benzene rings is 1. The number of fused-ring (bicyclic) bond motifs is 1. The van der Waals surface area contributed by atoms with E-state index in [9.17, 15) is 0 Å². The van der Waals surface area contributed by atoms with Crippen LogP contribution in [0, 0.1) is 13.8 Å². The second kappa shape index (κ2) is 5.64. The molecule has 1 aromatic rings. The van der Waals surface area contributed by atoms with Crippen LogP contribution in [0.25, 0.3) is 0 Å². The van der Waals surface area contributed by atoms with Crippen molar-refractivity contribution in [1.82, 2.24) is 10.2 Å². The fourth-order valence-electron chi connectivity index (χ4n) is 3.59. The molecule has 2 nitrogen and oxygen atoms in total. The van der Waals surface area contributed by atoms with Crippen LogP contribution >= 0.6 is 0 Å². The number of aryl methyl sites for hydroxylation is 2. The van der Waals surface area contributed by atoms with E-state index in [1.807, 2.05) is 0 Å². The zero-order valence-corrected chi connectivity index (χ0v) is 12.3. The van der Waals surface area contributed by atoms with Gasteiger partial charge in [0.2, 0.25) is 0 Å². The van der Waals surface area contributed by atoms with Crippen molar-refractivity contribution in [2.75, 3.05) is 13.1 Å². The quantitative estimate of drug-likeness (QED) is 0.896. The van der Waals surface area contributed by atoms with E-state index < -0.39 is 0 Å². The third kappa shape index (κ3) is 3.01. The normalized spacial score (nSPS) is 27.5. The molecule has 0 bridgehead atoms. The zero-order valence-electron chi connectivity index (χ0n) is 12.3. The summed E-state index contributed by atoms with van der Waals surface area (Å²) in [6.45, 7) is 8.06. The van der Waals surface area contributed by atoms with E-state index in [0.29, 0.717) is 0 Å². The number of rotatable bonds is 3. The Bertz CT molecular complexity index is 441. The second-order valence-corrected chi connectivity index (χ2v) is 6.35. The Morgan fingerprint density at radius 2 is 2.05 bits per heavy atom. The maximum atomic E-state index is 3.77. The second-order valence-electron chi connectivity index (χ2n) is 6.35. The number of nitrogens with one attached hydrogen (secondary N) is 1. The van der Waals surface area contributed by atoms with E-state index in [0.717, 1.165) is 18.6 Å². The van der Waals surface area contributed by atoms with E-state index >= 15 is 0 Å². The summed E-state index contributed by atoms with van der Waals surface area (Å²) in [5, 5.41) is 3.77.